The summed E-state index contributed by atoms with van der Waals surface area (Å²) in [6.07, 6.45) is 0.581. The first-order chi connectivity index (χ1) is 16.2. The molecule has 3 aromatic rings. The number of anilines is 1. The number of rotatable bonds is 4. The number of aromatic nitrogens is 1. The van der Waals surface area contributed by atoms with Crippen LogP contribution < -0.4 is 10.0 Å². The van der Waals surface area contributed by atoms with Gasteiger partial charge >= 0.3 is 0 Å². The SMILES string of the molecule is CC1Cc2cc(S(N)(=O)=O)ccc2N1C(=O)CN1CCN(C(=O)c2cc3ccccc3[nH]2)CC1. The second-order valence-corrected chi connectivity index (χ2v) is 10.6. The van der Waals surface area contributed by atoms with E-state index in [0.29, 0.717) is 38.3 Å². The molecule has 2 amide bonds. The number of hydrogen-bond donors (Lipinski definition) is 2. The van der Waals surface area contributed by atoms with E-state index < -0.39 is 10.0 Å². The van der Waals surface area contributed by atoms with Crippen molar-refractivity contribution in [3.05, 3.63) is 59.8 Å². The number of para-hydroxylation sites is 1. The molecule has 0 radical (unpaired) electrons. The van der Waals surface area contributed by atoms with Gasteiger partial charge in [-0.25, -0.2) is 13.6 Å². The lowest BCUT2D eigenvalue weighted by molar-refractivity contribution is -0.120. The number of piperazine rings is 1. The Morgan fingerprint density at radius 1 is 1.06 bits per heavy atom. The molecule has 3 N–H and O–H groups in total. The molecular formula is C24H27N5O4S. The largest absolute Gasteiger partial charge is 0.351 e. The van der Waals surface area contributed by atoms with Gasteiger partial charge in [-0.05, 0) is 49.2 Å². The fraction of sp³-hybridized carbons (Fsp3) is 0.333. The van der Waals surface area contributed by atoms with Gasteiger partial charge in [0.25, 0.3) is 5.91 Å². The minimum atomic E-state index is -3.79. The van der Waals surface area contributed by atoms with Crippen molar-refractivity contribution in [2.24, 2.45) is 5.14 Å². The predicted octanol–water partition coefficient (Wildman–Crippen LogP) is 1.55. The maximum absolute atomic E-state index is 13.2. The van der Waals surface area contributed by atoms with Crippen LogP contribution in [0.5, 0.6) is 0 Å². The van der Waals surface area contributed by atoms with Gasteiger partial charge in [0, 0.05) is 48.8 Å². The first-order valence-corrected chi connectivity index (χ1v) is 12.8. The summed E-state index contributed by atoms with van der Waals surface area (Å²) in [4.78, 5) is 35.0. The summed E-state index contributed by atoms with van der Waals surface area (Å²) >= 11 is 0. The second kappa shape index (κ2) is 8.53. The normalized spacial score (nSPS) is 18.9. The van der Waals surface area contributed by atoms with Crippen LogP contribution in [0.4, 0.5) is 5.69 Å². The van der Waals surface area contributed by atoms with E-state index in [2.05, 4.69) is 9.88 Å². The summed E-state index contributed by atoms with van der Waals surface area (Å²) in [7, 11) is -3.79. The number of nitrogens with zero attached hydrogens (tertiary/aromatic N) is 3. The molecule has 1 atom stereocenters. The van der Waals surface area contributed by atoms with E-state index in [1.807, 2.05) is 42.2 Å². The number of hydrogen-bond acceptors (Lipinski definition) is 5. The van der Waals surface area contributed by atoms with Crippen molar-refractivity contribution in [3.8, 4) is 0 Å². The van der Waals surface area contributed by atoms with Gasteiger partial charge < -0.3 is 14.8 Å². The van der Waals surface area contributed by atoms with Crippen LogP contribution in [0.1, 0.15) is 23.0 Å². The van der Waals surface area contributed by atoms with E-state index in [-0.39, 0.29) is 29.3 Å². The predicted molar refractivity (Wildman–Crippen MR) is 129 cm³/mol. The molecule has 1 saturated heterocycles. The van der Waals surface area contributed by atoms with Crippen LogP contribution >= 0.6 is 0 Å². The fourth-order valence-electron chi connectivity index (χ4n) is 4.90. The number of carbonyl (C=O) groups excluding carboxylic acids is 2. The van der Waals surface area contributed by atoms with Gasteiger partial charge in [0.15, 0.2) is 0 Å². The molecule has 0 spiro atoms. The Morgan fingerprint density at radius 3 is 2.50 bits per heavy atom. The Kier molecular flexibility index (Phi) is 5.67. The molecule has 2 aliphatic rings. The van der Waals surface area contributed by atoms with Crippen molar-refractivity contribution in [2.45, 2.75) is 24.3 Å². The zero-order valence-electron chi connectivity index (χ0n) is 18.9. The maximum atomic E-state index is 13.2. The van der Waals surface area contributed by atoms with Crippen molar-refractivity contribution in [1.82, 2.24) is 14.8 Å². The first kappa shape index (κ1) is 22.6. The van der Waals surface area contributed by atoms with Gasteiger partial charge in [0.05, 0.1) is 11.4 Å². The Hall–Kier alpha value is -3.21. The Bertz CT molecular complexity index is 1340. The standard InChI is InChI=1S/C24H27N5O4S/c1-16-12-18-13-19(34(25,32)33)6-7-22(18)29(16)23(30)15-27-8-10-28(11-9-27)24(31)21-14-17-4-2-3-5-20(17)26-21/h2-7,13-14,16,26H,8-12,15H2,1H3,(H2,25,32,33). The third-order valence-electron chi connectivity index (χ3n) is 6.64. The highest BCUT2D eigenvalue weighted by atomic mass is 32.2. The minimum absolute atomic E-state index is 0.0325. The lowest BCUT2D eigenvalue weighted by Crippen LogP contribution is -2.52. The maximum Gasteiger partial charge on any atom is 0.270 e. The molecule has 0 saturated carbocycles. The summed E-state index contributed by atoms with van der Waals surface area (Å²) in [5, 5.41) is 6.25. The van der Waals surface area contributed by atoms with Crippen LogP contribution in [0.25, 0.3) is 10.9 Å². The van der Waals surface area contributed by atoms with Crippen molar-refractivity contribution >= 4 is 38.4 Å². The molecule has 5 rings (SSSR count). The molecule has 34 heavy (non-hydrogen) atoms. The molecule has 9 nitrogen and oxygen atoms in total. The van der Waals surface area contributed by atoms with Crippen LogP contribution in [-0.2, 0) is 21.2 Å². The summed E-state index contributed by atoms with van der Waals surface area (Å²) in [6, 6.07) is 14.3. The number of fused-ring (bicyclic) bond motifs is 2. The zero-order chi connectivity index (χ0) is 24.0. The summed E-state index contributed by atoms with van der Waals surface area (Å²) in [5.41, 5.74) is 3.05. The number of amides is 2. The quantitative estimate of drug-likeness (QED) is 0.586. The van der Waals surface area contributed by atoms with E-state index in [1.54, 1.807) is 17.0 Å². The number of sulfonamides is 1. The van der Waals surface area contributed by atoms with E-state index >= 15 is 0 Å². The van der Waals surface area contributed by atoms with Gasteiger partial charge in [0.2, 0.25) is 15.9 Å². The van der Waals surface area contributed by atoms with Crippen molar-refractivity contribution in [3.63, 3.8) is 0 Å². The lowest BCUT2D eigenvalue weighted by Gasteiger charge is -2.35. The second-order valence-electron chi connectivity index (χ2n) is 8.99. The van der Waals surface area contributed by atoms with E-state index in [4.69, 9.17) is 5.14 Å². The fourth-order valence-corrected chi connectivity index (χ4v) is 5.46. The molecule has 2 aromatic carbocycles. The zero-order valence-corrected chi connectivity index (χ0v) is 19.7. The Morgan fingerprint density at radius 2 is 1.79 bits per heavy atom. The highest BCUT2D eigenvalue weighted by molar-refractivity contribution is 7.89. The third kappa shape index (κ3) is 4.20. The average Bonchev–Trinajstić information content (AvgIpc) is 3.38. The summed E-state index contributed by atoms with van der Waals surface area (Å²) in [5.74, 6) is -0.0695. The summed E-state index contributed by atoms with van der Waals surface area (Å²) in [6.45, 7) is 4.51. The molecular weight excluding hydrogens is 454 g/mol. The van der Waals surface area contributed by atoms with Crippen molar-refractivity contribution in [2.75, 3.05) is 37.6 Å². The molecule has 178 valence electrons. The Labute approximate surface area is 198 Å². The number of aromatic amines is 1. The van der Waals surface area contributed by atoms with Crippen LogP contribution in [-0.4, -0.2) is 73.8 Å². The molecule has 1 fully saturated rings. The monoisotopic (exact) mass is 481 g/mol. The number of primary sulfonamides is 1. The summed E-state index contributed by atoms with van der Waals surface area (Å²) < 4.78 is 23.3. The molecule has 3 heterocycles. The lowest BCUT2D eigenvalue weighted by atomic mass is 10.1. The van der Waals surface area contributed by atoms with Crippen LogP contribution in [0, 0.1) is 0 Å². The number of benzene rings is 2. The van der Waals surface area contributed by atoms with Crippen molar-refractivity contribution < 1.29 is 18.0 Å². The van der Waals surface area contributed by atoms with Crippen LogP contribution in [0.2, 0.25) is 0 Å². The van der Waals surface area contributed by atoms with E-state index in [9.17, 15) is 18.0 Å². The minimum Gasteiger partial charge on any atom is -0.351 e. The molecule has 1 aromatic heterocycles. The highest BCUT2D eigenvalue weighted by Gasteiger charge is 2.33. The number of nitrogens with two attached hydrogens (primary N) is 1. The highest BCUT2D eigenvalue weighted by Crippen LogP contribution is 2.34. The van der Waals surface area contributed by atoms with Gasteiger partial charge in [-0.15, -0.1) is 0 Å². The third-order valence-corrected chi connectivity index (χ3v) is 7.55. The topological polar surface area (TPSA) is 120 Å². The van der Waals surface area contributed by atoms with Crippen LogP contribution in [0.3, 0.4) is 0 Å². The van der Waals surface area contributed by atoms with Gasteiger partial charge in [-0.2, -0.15) is 0 Å². The van der Waals surface area contributed by atoms with Crippen molar-refractivity contribution in [1.29, 1.82) is 0 Å². The molecule has 10 heteroatoms. The van der Waals surface area contributed by atoms with E-state index in [0.717, 1.165) is 22.2 Å². The number of carbonyl (C=O) groups is 2. The van der Waals surface area contributed by atoms with Crippen LogP contribution in [0.15, 0.2) is 53.4 Å². The number of nitrogens with one attached hydrogen (secondary N) is 1. The van der Waals surface area contributed by atoms with Gasteiger partial charge in [0.1, 0.15) is 5.69 Å². The smallest absolute Gasteiger partial charge is 0.270 e. The Balaban J connectivity index is 1.21. The van der Waals surface area contributed by atoms with Gasteiger partial charge in [-0.3, -0.25) is 14.5 Å². The molecule has 0 aliphatic carbocycles. The number of H-pyrrole nitrogens is 1. The average molecular weight is 482 g/mol. The molecule has 2 aliphatic heterocycles. The molecule has 0 bridgehead atoms. The van der Waals surface area contributed by atoms with E-state index in [1.165, 1.54) is 6.07 Å². The van der Waals surface area contributed by atoms with Gasteiger partial charge in [-0.1, -0.05) is 18.2 Å². The molecule has 1 unspecified atom stereocenters. The first-order valence-electron chi connectivity index (χ1n) is 11.3.